The number of hydrogen-bond donors (Lipinski definition) is 2. The number of aromatic amines is 1. The summed E-state index contributed by atoms with van der Waals surface area (Å²) in [7, 11) is 0. The Morgan fingerprint density at radius 3 is 2.85 bits per heavy atom. The Kier molecular flexibility index (Phi) is 2.98. The highest BCUT2D eigenvalue weighted by Crippen LogP contribution is 2.35. The molecular weight excluding hydrogens is 258 g/mol. The first-order valence-corrected chi connectivity index (χ1v) is 6.31. The number of fused-ring (bicyclic) bond motifs is 1. The normalized spacial score (nSPS) is 17.6. The zero-order valence-electron chi connectivity index (χ0n) is 10.6. The van der Waals surface area contributed by atoms with Gasteiger partial charge in [-0.1, -0.05) is 18.2 Å². The number of carbonyl (C=O) groups is 2. The van der Waals surface area contributed by atoms with Crippen molar-refractivity contribution in [2.45, 2.75) is 12.3 Å². The van der Waals surface area contributed by atoms with Gasteiger partial charge in [-0.25, -0.2) is 0 Å². The number of para-hydroxylation sites is 1. The van der Waals surface area contributed by atoms with Crippen LogP contribution in [0, 0.1) is 0 Å². The lowest BCUT2D eigenvalue weighted by molar-refractivity contribution is -0.139. The maximum atomic E-state index is 12.4. The number of nitrogens with zero attached hydrogens (tertiary/aromatic N) is 2. The maximum Gasteiger partial charge on any atom is 0.311 e. The molecule has 102 valence electrons. The molecule has 1 aromatic carbocycles. The molecule has 1 aliphatic heterocycles. The van der Waals surface area contributed by atoms with Crippen molar-refractivity contribution in [3.63, 3.8) is 0 Å². The molecular formula is C14H13N3O3. The number of rotatable bonds is 2. The van der Waals surface area contributed by atoms with Crippen LogP contribution in [0.25, 0.3) is 0 Å². The molecule has 0 radical (unpaired) electrons. The van der Waals surface area contributed by atoms with Crippen molar-refractivity contribution in [2.75, 3.05) is 11.4 Å². The molecule has 1 aliphatic rings. The number of aliphatic carboxylic acids is 1. The number of carbonyl (C=O) groups excluding carboxylic acids is 1. The van der Waals surface area contributed by atoms with Crippen LogP contribution in [0.2, 0.25) is 0 Å². The number of anilines is 1. The third-order valence-corrected chi connectivity index (χ3v) is 3.53. The topological polar surface area (TPSA) is 86.3 Å². The van der Waals surface area contributed by atoms with Gasteiger partial charge in [-0.15, -0.1) is 0 Å². The standard InChI is InChI=1S/C14H13N3O3/c18-13(9-7-15-16-8-9)17-6-5-11(14(19)20)10-3-1-2-4-12(10)17/h1-4,7-8,11H,5-6H2,(H,15,16)(H,19,20). The number of aromatic nitrogens is 2. The Bertz CT molecular complexity index is 651. The second-order valence-electron chi connectivity index (χ2n) is 4.68. The summed E-state index contributed by atoms with van der Waals surface area (Å²) in [6, 6.07) is 7.14. The van der Waals surface area contributed by atoms with Crippen LogP contribution in [0.4, 0.5) is 5.69 Å². The van der Waals surface area contributed by atoms with Gasteiger partial charge in [-0.05, 0) is 18.1 Å². The molecule has 0 spiro atoms. The Hall–Kier alpha value is -2.63. The Morgan fingerprint density at radius 2 is 2.15 bits per heavy atom. The predicted molar refractivity (Wildman–Crippen MR) is 71.7 cm³/mol. The van der Waals surface area contributed by atoms with E-state index in [1.807, 2.05) is 0 Å². The van der Waals surface area contributed by atoms with Gasteiger partial charge in [0.2, 0.25) is 0 Å². The molecule has 20 heavy (non-hydrogen) atoms. The number of amides is 1. The number of hydrogen-bond acceptors (Lipinski definition) is 3. The van der Waals surface area contributed by atoms with Crippen LogP contribution in [-0.4, -0.2) is 33.7 Å². The summed E-state index contributed by atoms with van der Waals surface area (Å²) in [5.41, 5.74) is 1.81. The van der Waals surface area contributed by atoms with Crippen LogP contribution in [-0.2, 0) is 4.79 Å². The van der Waals surface area contributed by atoms with E-state index in [2.05, 4.69) is 10.2 Å². The van der Waals surface area contributed by atoms with Gasteiger partial charge in [-0.3, -0.25) is 14.7 Å². The largest absolute Gasteiger partial charge is 0.481 e. The maximum absolute atomic E-state index is 12.4. The Balaban J connectivity index is 2.01. The first kappa shape index (κ1) is 12.4. The van der Waals surface area contributed by atoms with Crippen molar-refractivity contribution in [1.29, 1.82) is 0 Å². The van der Waals surface area contributed by atoms with Crippen LogP contribution in [0.5, 0.6) is 0 Å². The number of carboxylic acid groups (broad SMARTS) is 1. The van der Waals surface area contributed by atoms with Crippen LogP contribution < -0.4 is 4.90 Å². The monoisotopic (exact) mass is 271 g/mol. The third-order valence-electron chi connectivity index (χ3n) is 3.53. The van der Waals surface area contributed by atoms with Gasteiger partial charge in [0.25, 0.3) is 5.91 Å². The van der Waals surface area contributed by atoms with E-state index < -0.39 is 11.9 Å². The fourth-order valence-electron chi connectivity index (χ4n) is 2.55. The average molecular weight is 271 g/mol. The first-order chi connectivity index (χ1) is 9.68. The zero-order valence-corrected chi connectivity index (χ0v) is 10.6. The van der Waals surface area contributed by atoms with E-state index in [0.717, 1.165) is 0 Å². The van der Waals surface area contributed by atoms with Crippen molar-refractivity contribution in [1.82, 2.24) is 10.2 Å². The molecule has 0 fully saturated rings. The van der Waals surface area contributed by atoms with Crippen molar-refractivity contribution in [3.8, 4) is 0 Å². The summed E-state index contributed by atoms with van der Waals surface area (Å²) < 4.78 is 0. The second kappa shape index (κ2) is 4.80. The van der Waals surface area contributed by atoms with Gasteiger partial charge in [-0.2, -0.15) is 5.10 Å². The molecule has 3 rings (SSSR count). The molecule has 1 amide bonds. The van der Waals surface area contributed by atoms with E-state index >= 15 is 0 Å². The summed E-state index contributed by atoms with van der Waals surface area (Å²) in [6.45, 7) is 0.387. The van der Waals surface area contributed by atoms with Gasteiger partial charge < -0.3 is 10.0 Å². The molecule has 0 bridgehead atoms. The quantitative estimate of drug-likeness (QED) is 0.869. The molecule has 1 aromatic heterocycles. The molecule has 2 heterocycles. The zero-order chi connectivity index (χ0) is 14.1. The lowest BCUT2D eigenvalue weighted by Crippen LogP contribution is -2.38. The summed E-state index contributed by atoms with van der Waals surface area (Å²) >= 11 is 0. The van der Waals surface area contributed by atoms with Gasteiger partial charge in [0.1, 0.15) is 0 Å². The molecule has 1 unspecified atom stereocenters. The SMILES string of the molecule is O=C(O)C1CCN(C(=O)c2cn[nH]c2)c2ccccc21. The summed E-state index contributed by atoms with van der Waals surface area (Å²) in [4.78, 5) is 25.3. The van der Waals surface area contributed by atoms with E-state index in [9.17, 15) is 14.7 Å². The highest BCUT2D eigenvalue weighted by atomic mass is 16.4. The fourth-order valence-corrected chi connectivity index (χ4v) is 2.55. The van der Waals surface area contributed by atoms with Gasteiger partial charge in [0, 0.05) is 18.4 Å². The van der Waals surface area contributed by atoms with Crippen molar-refractivity contribution in [2.24, 2.45) is 0 Å². The third kappa shape index (κ3) is 1.95. The smallest absolute Gasteiger partial charge is 0.311 e. The molecule has 0 saturated heterocycles. The molecule has 6 nitrogen and oxygen atoms in total. The summed E-state index contributed by atoms with van der Waals surface area (Å²) in [6.07, 6.45) is 3.42. The van der Waals surface area contributed by atoms with E-state index in [-0.39, 0.29) is 5.91 Å². The molecule has 0 saturated carbocycles. The molecule has 1 atom stereocenters. The number of nitrogens with one attached hydrogen (secondary N) is 1. The number of benzene rings is 1. The fraction of sp³-hybridized carbons (Fsp3) is 0.214. The van der Waals surface area contributed by atoms with Gasteiger partial charge in [0.05, 0.1) is 17.7 Å². The number of carboxylic acids is 1. The summed E-state index contributed by atoms with van der Waals surface area (Å²) in [5, 5.41) is 15.7. The van der Waals surface area contributed by atoms with Crippen LogP contribution in [0.1, 0.15) is 28.3 Å². The van der Waals surface area contributed by atoms with E-state index in [1.165, 1.54) is 12.4 Å². The lowest BCUT2D eigenvalue weighted by Gasteiger charge is -2.32. The molecule has 6 heteroatoms. The molecule has 2 N–H and O–H groups in total. The second-order valence-corrected chi connectivity index (χ2v) is 4.68. The van der Waals surface area contributed by atoms with Gasteiger partial charge >= 0.3 is 5.97 Å². The predicted octanol–water partition coefficient (Wildman–Crippen LogP) is 1.63. The lowest BCUT2D eigenvalue weighted by atomic mass is 9.90. The minimum absolute atomic E-state index is 0.171. The minimum Gasteiger partial charge on any atom is -0.481 e. The van der Waals surface area contributed by atoms with Crippen molar-refractivity contribution >= 4 is 17.6 Å². The van der Waals surface area contributed by atoms with E-state index in [1.54, 1.807) is 29.2 Å². The molecule has 0 aliphatic carbocycles. The Morgan fingerprint density at radius 1 is 1.35 bits per heavy atom. The Labute approximate surface area is 115 Å². The highest BCUT2D eigenvalue weighted by molar-refractivity contribution is 6.07. The van der Waals surface area contributed by atoms with E-state index in [0.29, 0.717) is 29.8 Å². The highest BCUT2D eigenvalue weighted by Gasteiger charge is 2.32. The van der Waals surface area contributed by atoms with Crippen LogP contribution in [0.3, 0.4) is 0 Å². The number of H-pyrrole nitrogens is 1. The van der Waals surface area contributed by atoms with Crippen molar-refractivity contribution in [3.05, 3.63) is 47.8 Å². The minimum atomic E-state index is -0.854. The van der Waals surface area contributed by atoms with E-state index in [4.69, 9.17) is 0 Å². The van der Waals surface area contributed by atoms with Crippen LogP contribution in [0.15, 0.2) is 36.7 Å². The first-order valence-electron chi connectivity index (χ1n) is 6.31. The molecule has 2 aromatic rings. The van der Waals surface area contributed by atoms with Crippen LogP contribution >= 0.6 is 0 Å². The average Bonchev–Trinajstić information content (AvgIpc) is 2.99. The van der Waals surface area contributed by atoms with Gasteiger partial charge in [0.15, 0.2) is 0 Å². The van der Waals surface area contributed by atoms with Crippen molar-refractivity contribution < 1.29 is 14.7 Å². The summed E-state index contributed by atoms with van der Waals surface area (Å²) in [5.74, 6) is -1.58.